The first-order valence-corrected chi connectivity index (χ1v) is 8.40. The summed E-state index contributed by atoms with van der Waals surface area (Å²) in [5.74, 6) is 0. The van der Waals surface area contributed by atoms with Gasteiger partial charge in [0.1, 0.15) is 0 Å². The van der Waals surface area contributed by atoms with Crippen LogP contribution < -0.4 is 0 Å². The molecule has 0 aromatic heterocycles. The summed E-state index contributed by atoms with van der Waals surface area (Å²) in [4.78, 5) is 4.08. The Morgan fingerprint density at radius 2 is 1.46 bits per heavy atom. The summed E-state index contributed by atoms with van der Waals surface area (Å²) in [6.45, 7) is 8.88. The van der Waals surface area contributed by atoms with Crippen LogP contribution in [0, 0.1) is 0 Å². The Hall–Kier alpha value is 0.123. The fourth-order valence-electron chi connectivity index (χ4n) is 1.59. The van der Waals surface area contributed by atoms with Crippen LogP contribution in [-0.4, -0.2) is 58.6 Å². The van der Waals surface area contributed by atoms with E-state index in [4.69, 9.17) is 11.3 Å². The summed E-state index contributed by atoms with van der Waals surface area (Å²) < 4.78 is 17.0. The second kappa shape index (κ2) is 4.10. The number of hydrogen-bond donors (Lipinski definition) is 0. The van der Waals surface area contributed by atoms with Crippen LogP contribution >= 0.6 is 0 Å². The molecule has 0 aromatic carbocycles. The molecule has 5 heteroatoms. The van der Waals surface area contributed by atoms with Crippen LogP contribution in [0.25, 0.3) is 0 Å². The van der Waals surface area contributed by atoms with Gasteiger partial charge in [0.05, 0.1) is 0 Å². The molecule has 3 rings (SSSR count). The molecule has 0 atom stereocenters. The molecule has 0 unspecified atom stereocenters. The van der Waals surface area contributed by atoms with Gasteiger partial charge in [-0.1, -0.05) is 0 Å². The van der Waals surface area contributed by atoms with Crippen molar-refractivity contribution in [3.63, 3.8) is 0 Å². The van der Waals surface area contributed by atoms with E-state index in [1.165, 1.54) is 0 Å². The summed E-state index contributed by atoms with van der Waals surface area (Å²) in [7, 11) is 0. The maximum absolute atomic E-state index is 5.67. The van der Waals surface area contributed by atoms with Crippen molar-refractivity contribution >= 4 is 14.3 Å². The Kier molecular flexibility index (Phi) is 3.05. The second-order valence-corrected chi connectivity index (χ2v) is 8.40. The molecule has 4 nitrogen and oxygen atoms in total. The number of rotatable bonds is 1. The van der Waals surface area contributed by atoms with Gasteiger partial charge in [0.15, 0.2) is 0 Å². The standard InChI is InChI=1S/C8H15GeNO3/c1-2-9-11-6-3-10(4-7-12-9)5-8-13-9/h2H,1,3-8H2. The van der Waals surface area contributed by atoms with E-state index in [1.807, 2.05) is 0 Å². The quantitative estimate of drug-likeness (QED) is 0.610. The summed E-state index contributed by atoms with van der Waals surface area (Å²) in [5.41, 5.74) is 0. The molecule has 0 saturated carbocycles. The molecule has 74 valence electrons. The zero-order chi connectivity index (χ0) is 9.15. The van der Waals surface area contributed by atoms with Crippen molar-refractivity contribution in [2.45, 2.75) is 0 Å². The van der Waals surface area contributed by atoms with Gasteiger partial charge in [-0.15, -0.1) is 0 Å². The Morgan fingerprint density at radius 3 is 1.85 bits per heavy atom. The molecule has 0 spiro atoms. The van der Waals surface area contributed by atoms with Gasteiger partial charge in [0.25, 0.3) is 0 Å². The van der Waals surface area contributed by atoms with E-state index in [1.54, 1.807) is 4.91 Å². The Labute approximate surface area is 81.8 Å². The SMILES string of the molecule is C=[CH][Ge]12[O]CCN(CC[O]1)CC[O]2. The fraction of sp³-hybridized carbons (Fsp3) is 0.750. The van der Waals surface area contributed by atoms with Crippen LogP contribution in [0.2, 0.25) is 0 Å². The van der Waals surface area contributed by atoms with Crippen molar-refractivity contribution in [2.75, 3.05) is 39.5 Å². The summed E-state index contributed by atoms with van der Waals surface area (Å²) in [6.07, 6.45) is 0. The average Bonchev–Trinajstić information content (AvgIpc) is 2.01. The molecule has 0 amide bonds. The Balaban J connectivity index is 2.11. The summed E-state index contributed by atoms with van der Waals surface area (Å²) in [5, 5.41) is 0. The predicted molar refractivity (Wildman–Crippen MR) is 50.2 cm³/mol. The fourth-order valence-corrected chi connectivity index (χ4v) is 5.22. The zero-order valence-electron chi connectivity index (χ0n) is 7.70. The van der Waals surface area contributed by atoms with Gasteiger partial charge < -0.3 is 0 Å². The van der Waals surface area contributed by atoms with E-state index in [0.29, 0.717) is 19.8 Å². The number of nitrogens with zero attached hydrogens (tertiary/aromatic N) is 1. The van der Waals surface area contributed by atoms with E-state index in [-0.39, 0.29) is 0 Å². The third-order valence-electron chi connectivity index (χ3n) is 2.38. The molecule has 13 heavy (non-hydrogen) atoms. The molecule has 3 heterocycles. The monoisotopic (exact) mass is 247 g/mol. The first-order valence-electron chi connectivity index (χ1n) is 4.62. The van der Waals surface area contributed by atoms with Crippen LogP contribution in [0.15, 0.2) is 11.5 Å². The summed E-state index contributed by atoms with van der Waals surface area (Å²) >= 11 is -2.98. The van der Waals surface area contributed by atoms with Gasteiger partial charge in [-0.3, -0.25) is 0 Å². The molecular weight excluding hydrogens is 231 g/mol. The molecule has 0 aromatic rings. The number of fused-ring (bicyclic) bond motifs is 6. The predicted octanol–water partition coefficient (Wildman–Crippen LogP) is 0.0295. The Morgan fingerprint density at radius 1 is 1.00 bits per heavy atom. The van der Waals surface area contributed by atoms with Crippen LogP contribution in [-0.2, 0) is 11.3 Å². The maximum atomic E-state index is 5.67. The first kappa shape index (κ1) is 9.67. The van der Waals surface area contributed by atoms with E-state index in [0.717, 1.165) is 19.6 Å². The third kappa shape index (κ3) is 2.13. The normalized spacial score (nSPS) is 40.5. The van der Waals surface area contributed by atoms with E-state index >= 15 is 0 Å². The van der Waals surface area contributed by atoms with Crippen molar-refractivity contribution in [1.82, 2.24) is 4.90 Å². The van der Waals surface area contributed by atoms with Crippen molar-refractivity contribution in [3.05, 3.63) is 11.5 Å². The van der Waals surface area contributed by atoms with Crippen molar-refractivity contribution < 1.29 is 11.3 Å². The molecule has 2 bridgehead atoms. The van der Waals surface area contributed by atoms with E-state index in [9.17, 15) is 0 Å². The molecule has 3 fully saturated rings. The Bertz CT molecular complexity index is 173. The van der Waals surface area contributed by atoms with Crippen LogP contribution in [0.4, 0.5) is 0 Å². The first-order chi connectivity index (χ1) is 6.35. The topological polar surface area (TPSA) is 30.9 Å². The second-order valence-electron chi connectivity index (χ2n) is 3.19. The van der Waals surface area contributed by atoms with Gasteiger partial charge in [-0.25, -0.2) is 0 Å². The van der Waals surface area contributed by atoms with Gasteiger partial charge in [-0.05, 0) is 0 Å². The van der Waals surface area contributed by atoms with E-state index < -0.39 is 14.3 Å². The van der Waals surface area contributed by atoms with E-state index in [2.05, 4.69) is 11.5 Å². The molecule has 0 radical (unpaired) electrons. The number of hydrogen-bond acceptors (Lipinski definition) is 4. The molecule has 0 N–H and O–H groups in total. The molecule has 3 aliphatic heterocycles. The third-order valence-corrected chi connectivity index (χ3v) is 7.25. The molecule has 0 aliphatic carbocycles. The average molecular weight is 246 g/mol. The molecule has 3 saturated heterocycles. The van der Waals surface area contributed by atoms with Gasteiger partial charge in [0, 0.05) is 0 Å². The molecular formula is C8H15GeNO3. The van der Waals surface area contributed by atoms with Gasteiger partial charge in [0.2, 0.25) is 0 Å². The molecule has 3 aliphatic rings. The minimum absolute atomic E-state index is 0.714. The van der Waals surface area contributed by atoms with Gasteiger partial charge >= 0.3 is 81.4 Å². The van der Waals surface area contributed by atoms with Crippen LogP contribution in [0.3, 0.4) is 0 Å². The van der Waals surface area contributed by atoms with Crippen molar-refractivity contribution in [3.8, 4) is 0 Å². The van der Waals surface area contributed by atoms with Crippen molar-refractivity contribution in [1.29, 1.82) is 0 Å². The minimum atomic E-state index is -2.98. The van der Waals surface area contributed by atoms with Crippen LogP contribution in [0.1, 0.15) is 0 Å². The van der Waals surface area contributed by atoms with Crippen LogP contribution in [0.5, 0.6) is 0 Å². The zero-order valence-corrected chi connectivity index (χ0v) is 9.80. The van der Waals surface area contributed by atoms with Crippen molar-refractivity contribution in [2.24, 2.45) is 0 Å². The summed E-state index contributed by atoms with van der Waals surface area (Å²) in [6, 6.07) is 0. The van der Waals surface area contributed by atoms with Gasteiger partial charge in [-0.2, -0.15) is 0 Å².